The third-order valence-electron chi connectivity index (χ3n) is 2.45. The van der Waals surface area contributed by atoms with E-state index < -0.39 is 43.4 Å². The van der Waals surface area contributed by atoms with E-state index in [4.69, 9.17) is 0 Å². The van der Waals surface area contributed by atoms with Crippen LogP contribution in [0.4, 0.5) is 35.1 Å². The number of carbonyl (C=O) groups excluding carboxylic acids is 1. The number of hydrogen-bond donors (Lipinski definition) is 0. The van der Waals surface area contributed by atoms with Crippen molar-refractivity contribution in [2.75, 3.05) is 19.8 Å². The molecule has 0 atom stereocenters. The smallest absolute Gasteiger partial charge is 0.380 e. The van der Waals surface area contributed by atoms with E-state index in [1.54, 1.807) is 0 Å². The van der Waals surface area contributed by atoms with Crippen molar-refractivity contribution in [3.8, 4) is 0 Å². The summed E-state index contributed by atoms with van der Waals surface area (Å²) in [7, 11) is 0. The van der Waals surface area contributed by atoms with E-state index in [9.17, 15) is 39.9 Å². The Labute approximate surface area is 126 Å². The third kappa shape index (κ3) is 5.33. The average molecular weight is 358 g/mol. The van der Waals surface area contributed by atoms with Gasteiger partial charge in [0.2, 0.25) is 0 Å². The maximum atomic E-state index is 13.0. The Morgan fingerprint density at radius 1 is 1.09 bits per heavy atom. The van der Waals surface area contributed by atoms with Gasteiger partial charge in [-0.1, -0.05) is 6.58 Å². The van der Waals surface area contributed by atoms with Crippen molar-refractivity contribution in [1.29, 1.82) is 0 Å². The van der Waals surface area contributed by atoms with Gasteiger partial charge in [0.1, 0.15) is 6.61 Å². The molecule has 0 rings (SSSR count). The lowest BCUT2D eigenvalue weighted by atomic mass is 10.1. The molecule has 0 unspecified atom stereocenters. The summed E-state index contributed by atoms with van der Waals surface area (Å²) >= 11 is 0. The summed E-state index contributed by atoms with van der Waals surface area (Å²) in [4.78, 5) is 10.9. The van der Waals surface area contributed by atoms with Crippen LogP contribution in [0.5, 0.6) is 0 Å². The molecule has 0 aromatic carbocycles. The number of rotatable bonds is 10. The first-order valence-corrected chi connectivity index (χ1v) is 6.09. The van der Waals surface area contributed by atoms with E-state index in [1.807, 2.05) is 0 Å². The monoisotopic (exact) mass is 358 g/mol. The van der Waals surface area contributed by atoms with Crippen molar-refractivity contribution >= 4 is 5.97 Å². The first-order chi connectivity index (χ1) is 10.3. The van der Waals surface area contributed by atoms with Crippen LogP contribution < -0.4 is 0 Å². The summed E-state index contributed by atoms with van der Waals surface area (Å²) < 4.78 is 109. The summed E-state index contributed by atoms with van der Waals surface area (Å²) in [6, 6.07) is 0. The molecule has 0 spiro atoms. The number of halogens is 8. The molecule has 0 fully saturated rings. The quantitative estimate of drug-likeness (QED) is 0.259. The van der Waals surface area contributed by atoms with Crippen LogP contribution in [-0.2, 0) is 14.3 Å². The Balaban J connectivity index is 4.38. The highest BCUT2D eigenvalue weighted by Gasteiger charge is 2.75. The zero-order chi connectivity index (χ0) is 18.5. The summed E-state index contributed by atoms with van der Waals surface area (Å²) in [5, 5.41) is 0. The number of esters is 1. The highest BCUT2D eigenvalue weighted by atomic mass is 19.4. The fraction of sp³-hybridized carbons (Fsp3) is 0.750. The Bertz CT molecular complexity index is 423. The molecular weight excluding hydrogens is 344 g/mol. The minimum atomic E-state index is -6.29. The topological polar surface area (TPSA) is 35.5 Å². The SMILES string of the molecule is C=C(C)C(=O)OCCCOCC(F)(F)C(F)(F)C(F)(F)C(F)F. The van der Waals surface area contributed by atoms with E-state index in [0.29, 0.717) is 0 Å². The van der Waals surface area contributed by atoms with Gasteiger partial charge in [0, 0.05) is 12.0 Å². The molecule has 0 bridgehead atoms. The van der Waals surface area contributed by atoms with Crippen LogP contribution in [0.2, 0.25) is 0 Å². The first kappa shape index (κ1) is 21.6. The molecule has 0 aliphatic rings. The minimum absolute atomic E-state index is 0.0614. The maximum Gasteiger partial charge on any atom is 0.380 e. The molecule has 0 aromatic rings. The molecule has 0 aromatic heterocycles. The number of hydrogen-bond acceptors (Lipinski definition) is 3. The fourth-order valence-electron chi connectivity index (χ4n) is 1.12. The van der Waals surface area contributed by atoms with E-state index in [2.05, 4.69) is 16.1 Å². The third-order valence-corrected chi connectivity index (χ3v) is 2.45. The zero-order valence-electron chi connectivity index (χ0n) is 11.9. The lowest BCUT2D eigenvalue weighted by Crippen LogP contribution is -2.59. The molecule has 11 heteroatoms. The van der Waals surface area contributed by atoms with E-state index >= 15 is 0 Å². The van der Waals surface area contributed by atoms with Crippen molar-refractivity contribution in [1.82, 2.24) is 0 Å². The summed E-state index contributed by atoms with van der Waals surface area (Å²) in [5.41, 5.74) is 0.0614. The van der Waals surface area contributed by atoms with Crippen molar-refractivity contribution < 1.29 is 49.4 Å². The molecule has 0 heterocycles. The van der Waals surface area contributed by atoms with Crippen LogP contribution in [0, 0.1) is 0 Å². The van der Waals surface area contributed by atoms with Gasteiger partial charge in [-0.3, -0.25) is 0 Å². The number of carbonyl (C=O) groups is 1. The van der Waals surface area contributed by atoms with Gasteiger partial charge in [-0.15, -0.1) is 0 Å². The lowest BCUT2D eigenvalue weighted by Gasteiger charge is -2.31. The van der Waals surface area contributed by atoms with Crippen LogP contribution in [0.1, 0.15) is 13.3 Å². The Morgan fingerprint density at radius 3 is 2.04 bits per heavy atom. The second kappa shape index (κ2) is 7.93. The average Bonchev–Trinajstić information content (AvgIpc) is 2.41. The van der Waals surface area contributed by atoms with Gasteiger partial charge in [-0.2, -0.15) is 26.3 Å². The number of ether oxygens (including phenoxy) is 2. The molecule has 0 saturated carbocycles. The molecule has 3 nitrogen and oxygen atoms in total. The molecule has 0 radical (unpaired) electrons. The normalized spacial score (nSPS) is 13.3. The second-order valence-corrected chi connectivity index (χ2v) is 4.52. The highest BCUT2D eigenvalue weighted by Crippen LogP contribution is 2.48. The second-order valence-electron chi connectivity index (χ2n) is 4.52. The van der Waals surface area contributed by atoms with Crippen molar-refractivity contribution in [2.24, 2.45) is 0 Å². The van der Waals surface area contributed by atoms with Gasteiger partial charge < -0.3 is 9.47 Å². The van der Waals surface area contributed by atoms with Gasteiger partial charge in [-0.25, -0.2) is 13.6 Å². The van der Waals surface area contributed by atoms with Crippen molar-refractivity contribution in [3.63, 3.8) is 0 Å². The van der Waals surface area contributed by atoms with Gasteiger partial charge in [0.25, 0.3) is 0 Å². The molecule has 23 heavy (non-hydrogen) atoms. The molecule has 0 N–H and O–H groups in total. The fourth-order valence-corrected chi connectivity index (χ4v) is 1.12. The Hall–Kier alpha value is -1.39. The van der Waals surface area contributed by atoms with Crippen LogP contribution >= 0.6 is 0 Å². The van der Waals surface area contributed by atoms with Crippen molar-refractivity contribution in [3.05, 3.63) is 12.2 Å². The highest BCUT2D eigenvalue weighted by molar-refractivity contribution is 5.86. The predicted octanol–water partition coefficient (Wildman–Crippen LogP) is 3.68. The van der Waals surface area contributed by atoms with Gasteiger partial charge in [0.15, 0.2) is 0 Å². The van der Waals surface area contributed by atoms with Crippen LogP contribution in [-0.4, -0.2) is 50.0 Å². The first-order valence-electron chi connectivity index (χ1n) is 6.09. The van der Waals surface area contributed by atoms with Gasteiger partial charge in [0.05, 0.1) is 13.2 Å². The lowest BCUT2D eigenvalue weighted by molar-refractivity contribution is -0.346. The summed E-state index contributed by atoms with van der Waals surface area (Å²) in [5.74, 6) is -18.8. The van der Waals surface area contributed by atoms with E-state index in [0.717, 1.165) is 0 Å². The van der Waals surface area contributed by atoms with Gasteiger partial charge in [-0.05, 0) is 6.92 Å². The Morgan fingerprint density at radius 2 is 1.61 bits per heavy atom. The maximum absolute atomic E-state index is 13.0. The van der Waals surface area contributed by atoms with E-state index in [-0.39, 0.29) is 18.6 Å². The largest absolute Gasteiger partial charge is 0.462 e. The molecule has 0 aliphatic heterocycles. The van der Waals surface area contributed by atoms with Crippen LogP contribution in [0.15, 0.2) is 12.2 Å². The van der Waals surface area contributed by atoms with Crippen LogP contribution in [0.3, 0.4) is 0 Å². The van der Waals surface area contributed by atoms with Crippen LogP contribution in [0.25, 0.3) is 0 Å². The zero-order valence-corrected chi connectivity index (χ0v) is 11.9. The summed E-state index contributed by atoms with van der Waals surface area (Å²) in [6.45, 7) is 1.42. The van der Waals surface area contributed by atoms with Gasteiger partial charge >= 0.3 is 30.2 Å². The van der Waals surface area contributed by atoms with E-state index in [1.165, 1.54) is 6.92 Å². The standard InChI is InChI=1S/C12H14F8O3/c1-7(2)8(21)23-5-3-4-22-6-10(15,16)12(19,20)11(17,18)9(13)14/h9H,1,3-6H2,2H3. The van der Waals surface area contributed by atoms with Crippen molar-refractivity contribution in [2.45, 2.75) is 37.5 Å². The molecule has 0 aliphatic carbocycles. The molecule has 0 saturated heterocycles. The predicted molar refractivity (Wildman–Crippen MR) is 62.1 cm³/mol. The molecule has 0 amide bonds. The minimum Gasteiger partial charge on any atom is -0.462 e. The number of alkyl halides is 8. The summed E-state index contributed by atoms with van der Waals surface area (Å²) in [6.07, 6.45) is -5.17. The Kier molecular flexibility index (Phi) is 7.45. The molecule has 136 valence electrons. The molecular formula is C12H14F8O3.